The van der Waals surface area contributed by atoms with Crippen molar-refractivity contribution in [3.63, 3.8) is 0 Å². The van der Waals surface area contributed by atoms with Gasteiger partial charge in [0.25, 0.3) is 0 Å². The van der Waals surface area contributed by atoms with Crippen LogP contribution in [0.1, 0.15) is 10.4 Å². The van der Waals surface area contributed by atoms with Crippen LogP contribution in [0.4, 0.5) is 0 Å². The number of sulfonamides is 2. The summed E-state index contributed by atoms with van der Waals surface area (Å²) in [6.07, 6.45) is 0. The minimum Gasteiger partial charge on any atom is -0.478 e. The Morgan fingerprint density at radius 1 is 1.25 bits per heavy atom. The van der Waals surface area contributed by atoms with Crippen molar-refractivity contribution in [3.8, 4) is 0 Å². The summed E-state index contributed by atoms with van der Waals surface area (Å²) in [5.74, 6) is -1.67. The lowest BCUT2D eigenvalue weighted by Gasteiger charge is -2.07. The van der Waals surface area contributed by atoms with E-state index in [0.717, 1.165) is 6.07 Å². The smallest absolute Gasteiger partial charge is 0.335 e. The van der Waals surface area contributed by atoms with Crippen LogP contribution in [0, 0.1) is 0 Å². The predicted octanol–water partition coefficient (Wildman–Crippen LogP) is -0.788. The first-order valence-corrected chi connectivity index (χ1v) is 8.56. The Labute approximate surface area is 116 Å². The van der Waals surface area contributed by atoms with Crippen molar-refractivity contribution in [2.75, 3.05) is 19.3 Å². The number of carboxylic acid groups (broad SMARTS) is 1. The topological polar surface area (TPSA) is 130 Å². The zero-order valence-electron chi connectivity index (χ0n) is 10.5. The van der Waals surface area contributed by atoms with E-state index in [0.29, 0.717) is 0 Å². The molecule has 0 radical (unpaired) electrons. The normalized spacial score (nSPS) is 12.2. The molecular formula is C10H14N2O6S2. The van der Waals surface area contributed by atoms with Gasteiger partial charge in [-0.3, -0.25) is 0 Å². The molecule has 0 aromatic heterocycles. The first-order chi connectivity index (χ1) is 9.18. The number of hydrogen-bond acceptors (Lipinski definition) is 5. The Bertz CT molecular complexity index is 696. The van der Waals surface area contributed by atoms with E-state index in [1.807, 2.05) is 0 Å². The summed E-state index contributed by atoms with van der Waals surface area (Å²) < 4.78 is 50.1. The SMILES string of the molecule is CNS(=O)(=O)CCNS(=O)(=O)c1cccc(C(=O)O)c1. The van der Waals surface area contributed by atoms with Crippen molar-refractivity contribution >= 4 is 26.0 Å². The highest BCUT2D eigenvalue weighted by molar-refractivity contribution is 7.90. The molecule has 0 unspecified atom stereocenters. The van der Waals surface area contributed by atoms with E-state index in [-0.39, 0.29) is 17.0 Å². The molecule has 0 atom stereocenters. The van der Waals surface area contributed by atoms with E-state index >= 15 is 0 Å². The van der Waals surface area contributed by atoms with E-state index in [1.54, 1.807) is 0 Å². The van der Waals surface area contributed by atoms with Gasteiger partial charge in [0.05, 0.1) is 16.2 Å². The zero-order chi connectivity index (χ0) is 15.4. The first-order valence-electron chi connectivity index (χ1n) is 5.42. The second-order valence-electron chi connectivity index (χ2n) is 3.75. The summed E-state index contributed by atoms with van der Waals surface area (Å²) in [6.45, 7) is -0.317. The van der Waals surface area contributed by atoms with Gasteiger partial charge < -0.3 is 5.11 Å². The Morgan fingerprint density at radius 2 is 1.90 bits per heavy atom. The molecule has 1 rings (SSSR count). The Morgan fingerprint density at radius 3 is 2.45 bits per heavy atom. The van der Waals surface area contributed by atoms with Gasteiger partial charge >= 0.3 is 5.97 Å². The van der Waals surface area contributed by atoms with Crippen LogP contribution in [0.25, 0.3) is 0 Å². The second kappa shape index (κ2) is 6.31. The van der Waals surface area contributed by atoms with E-state index in [2.05, 4.69) is 9.44 Å². The third-order valence-corrected chi connectivity index (χ3v) is 5.19. The van der Waals surface area contributed by atoms with Crippen molar-refractivity contribution in [1.29, 1.82) is 0 Å². The number of carbonyl (C=O) groups is 1. The highest BCUT2D eigenvalue weighted by Gasteiger charge is 2.17. The maximum atomic E-state index is 11.9. The van der Waals surface area contributed by atoms with Crippen molar-refractivity contribution in [1.82, 2.24) is 9.44 Å². The lowest BCUT2D eigenvalue weighted by Crippen LogP contribution is -2.33. The largest absolute Gasteiger partial charge is 0.478 e. The first kappa shape index (κ1) is 16.6. The van der Waals surface area contributed by atoms with Gasteiger partial charge in [0.2, 0.25) is 20.0 Å². The Balaban J connectivity index is 2.84. The number of hydrogen-bond donors (Lipinski definition) is 3. The number of rotatable bonds is 7. The molecular weight excluding hydrogens is 308 g/mol. The van der Waals surface area contributed by atoms with E-state index in [9.17, 15) is 21.6 Å². The summed E-state index contributed by atoms with van der Waals surface area (Å²) in [7, 11) is -6.25. The molecule has 8 nitrogen and oxygen atoms in total. The van der Waals surface area contributed by atoms with Crippen LogP contribution in [0.15, 0.2) is 29.2 Å². The molecule has 0 fully saturated rings. The van der Waals surface area contributed by atoms with Crippen molar-refractivity contribution in [2.24, 2.45) is 0 Å². The Hall–Kier alpha value is -1.49. The number of nitrogens with one attached hydrogen (secondary N) is 2. The maximum Gasteiger partial charge on any atom is 0.335 e. The maximum absolute atomic E-state index is 11.9. The highest BCUT2D eigenvalue weighted by Crippen LogP contribution is 2.11. The van der Waals surface area contributed by atoms with Crippen LogP contribution < -0.4 is 9.44 Å². The fourth-order valence-corrected chi connectivity index (χ4v) is 3.07. The number of aromatic carboxylic acids is 1. The van der Waals surface area contributed by atoms with Gasteiger partial charge in [0, 0.05) is 6.54 Å². The van der Waals surface area contributed by atoms with Crippen LogP contribution in [0.3, 0.4) is 0 Å². The number of benzene rings is 1. The molecule has 10 heteroatoms. The molecule has 0 saturated heterocycles. The Kier molecular flexibility index (Phi) is 5.22. The van der Waals surface area contributed by atoms with Crippen LogP contribution in [0.5, 0.6) is 0 Å². The van der Waals surface area contributed by atoms with E-state index in [1.165, 1.54) is 25.2 Å². The molecule has 0 saturated carbocycles. The summed E-state index contributed by atoms with van der Waals surface area (Å²) >= 11 is 0. The van der Waals surface area contributed by atoms with Crippen LogP contribution >= 0.6 is 0 Å². The molecule has 20 heavy (non-hydrogen) atoms. The highest BCUT2D eigenvalue weighted by atomic mass is 32.2. The minimum atomic E-state index is -3.95. The van der Waals surface area contributed by atoms with Gasteiger partial charge in [-0.05, 0) is 25.2 Å². The molecule has 0 aliphatic heterocycles. The standard InChI is InChI=1S/C10H14N2O6S2/c1-11-19(15,16)6-5-12-20(17,18)9-4-2-3-8(7-9)10(13)14/h2-4,7,11-12H,5-6H2,1H3,(H,13,14). The summed E-state index contributed by atoms with van der Waals surface area (Å²) in [5.41, 5.74) is -0.171. The molecule has 1 aromatic carbocycles. The minimum absolute atomic E-state index is 0.171. The third-order valence-electron chi connectivity index (χ3n) is 2.37. The molecule has 0 bridgehead atoms. The average molecular weight is 322 g/mol. The zero-order valence-corrected chi connectivity index (χ0v) is 12.2. The van der Waals surface area contributed by atoms with Crippen molar-refractivity contribution < 1.29 is 26.7 Å². The summed E-state index contributed by atoms with van der Waals surface area (Å²) in [5, 5.41) is 8.79. The summed E-state index contributed by atoms with van der Waals surface area (Å²) in [4.78, 5) is 10.5. The third kappa shape index (κ3) is 4.56. The quantitative estimate of drug-likeness (QED) is 0.603. The molecule has 3 N–H and O–H groups in total. The van der Waals surface area contributed by atoms with Gasteiger partial charge in [-0.25, -0.2) is 31.1 Å². The molecule has 0 aliphatic carbocycles. The van der Waals surface area contributed by atoms with Gasteiger partial charge in [-0.15, -0.1) is 0 Å². The summed E-state index contributed by atoms with van der Waals surface area (Å²) in [6, 6.07) is 4.77. The van der Waals surface area contributed by atoms with Gasteiger partial charge in [0.1, 0.15) is 0 Å². The number of carboxylic acids is 1. The second-order valence-corrected chi connectivity index (χ2v) is 7.57. The van der Waals surface area contributed by atoms with Crippen LogP contribution in [-0.2, 0) is 20.0 Å². The molecule has 0 spiro atoms. The predicted molar refractivity (Wildman–Crippen MR) is 71.4 cm³/mol. The lowest BCUT2D eigenvalue weighted by molar-refractivity contribution is 0.0696. The lowest BCUT2D eigenvalue weighted by atomic mass is 10.2. The molecule has 0 aliphatic rings. The van der Waals surface area contributed by atoms with E-state index in [4.69, 9.17) is 5.11 Å². The monoisotopic (exact) mass is 322 g/mol. The fourth-order valence-electron chi connectivity index (χ4n) is 1.29. The molecule has 112 valence electrons. The van der Waals surface area contributed by atoms with Gasteiger partial charge in [-0.1, -0.05) is 6.07 Å². The average Bonchev–Trinajstić information content (AvgIpc) is 2.38. The van der Waals surface area contributed by atoms with Crippen molar-refractivity contribution in [2.45, 2.75) is 4.90 Å². The van der Waals surface area contributed by atoms with Crippen molar-refractivity contribution in [3.05, 3.63) is 29.8 Å². The van der Waals surface area contributed by atoms with Crippen LogP contribution in [-0.4, -0.2) is 47.3 Å². The molecule has 0 amide bonds. The molecule has 0 heterocycles. The van der Waals surface area contributed by atoms with E-state index < -0.39 is 31.8 Å². The van der Waals surface area contributed by atoms with Crippen LogP contribution in [0.2, 0.25) is 0 Å². The molecule has 1 aromatic rings. The fraction of sp³-hybridized carbons (Fsp3) is 0.300. The van der Waals surface area contributed by atoms with Gasteiger partial charge in [-0.2, -0.15) is 0 Å². The van der Waals surface area contributed by atoms with Gasteiger partial charge in [0.15, 0.2) is 0 Å².